The molecule has 30 heavy (non-hydrogen) atoms. The molecular weight excluding hydrogens is 433 g/mol. The number of urea groups is 1. The first kappa shape index (κ1) is 20.2. The summed E-state index contributed by atoms with van der Waals surface area (Å²) in [6.45, 7) is 1.59. The number of nitrogens with zero attached hydrogens (tertiary/aromatic N) is 2. The number of imide groups is 3. The summed E-state index contributed by atoms with van der Waals surface area (Å²) in [4.78, 5) is 52.9. The monoisotopic (exact) mass is 447 g/mol. The van der Waals surface area contributed by atoms with Gasteiger partial charge < -0.3 is 15.0 Å². The minimum Gasteiger partial charge on any atom is -0.449 e. The van der Waals surface area contributed by atoms with Crippen molar-refractivity contribution in [3.63, 3.8) is 0 Å². The van der Waals surface area contributed by atoms with E-state index in [1.54, 1.807) is 49.4 Å². The third kappa shape index (κ3) is 2.83. The molecule has 8 nitrogen and oxygen atoms in total. The Bertz CT molecular complexity index is 1110. The summed E-state index contributed by atoms with van der Waals surface area (Å²) >= 11 is 12.0. The second kappa shape index (κ2) is 7.30. The number of hydrogen-bond acceptors (Lipinski definition) is 5. The van der Waals surface area contributed by atoms with Gasteiger partial charge in [0.25, 0.3) is 11.8 Å². The van der Waals surface area contributed by atoms with Gasteiger partial charge in [-0.3, -0.25) is 9.59 Å². The van der Waals surface area contributed by atoms with Crippen molar-refractivity contribution in [2.75, 3.05) is 11.5 Å². The van der Waals surface area contributed by atoms with Crippen LogP contribution in [0.5, 0.6) is 0 Å². The lowest BCUT2D eigenvalue weighted by atomic mass is 9.91. The average molecular weight is 448 g/mol. The number of fused-ring (bicyclic) bond motifs is 2. The Morgan fingerprint density at radius 2 is 1.80 bits per heavy atom. The van der Waals surface area contributed by atoms with E-state index in [4.69, 9.17) is 27.9 Å². The van der Waals surface area contributed by atoms with E-state index >= 15 is 0 Å². The first-order chi connectivity index (χ1) is 14.3. The molecule has 2 aromatic rings. The van der Waals surface area contributed by atoms with Crippen molar-refractivity contribution in [2.45, 2.75) is 19.0 Å². The molecule has 2 aliphatic rings. The molecule has 0 saturated carbocycles. The zero-order valence-electron chi connectivity index (χ0n) is 15.6. The van der Waals surface area contributed by atoms with E-state index in [9.17, 15) is 19.2 Å². The van der Waals surface area contributed by atoms with Crippen molar-refractivity contribution in [3.8, 4) is 0 Å². The standard InChI is InChI=1S/C20H15Cl2N3O5/c1-2-30-19(29)25-17(27)20(23-18(25)28)12-5-3-4-6-15(12)24(16(20)26)10-11-7-8-13(21)14(22)9-11/h3-9H,2,10H2,1H3,(H,23,28). The van der Waals surface area contributed by atoms with Crippen LogP contribution >= 0.6 is 23.2 Å². The van der Waals surface area contributed by atoms with Gasteiger partial charge in [-0.1, -0.05) is 47.5 Å². The van der Waals surface area contributed by atoms with Crippen LogP contribution in [0.4, 0.5) is 15.3 Å². The second-order valence-corrected chi connectivity index (χ2v) is 7.49. The highest BCUT2D eigenvalue weighted by molar-refractivity contribution is 6.42. The SMILES string of the molecule is CCOC(=O)N1C(=O)NC2(C1=O)C(=O)N(Cc1ccc(Cl)c(Cl)c1)c1ccccc12. The van der Waals surface area contributed by atoms with Gasteiger partial charge in [-0.15, -0.1) is 0 Å². The number of benzene rings is 2. The van der Waals surface area contributed by atoms with Crippen LogP contribution in [0.15, 0.2) is 42.5 Å². The van der Waals surface area contributed by atoms with E-state index in [0.29, 0.717) is 26.2 Å². The number of nitrogens with one attached hydrogen (secondary N) is 1. The molecule has 0 radical (unpaired) electrons. The lowest BCUT2D eigenvalue weighted by Crippen LogP contribution is -2.52. The fraction of sp³-hybridized carbons (Fsp3) is 0.200. The smallest absolute Gasteiger partial charge is 0.425 e. The van der Waals surface area contributed by atoms with Gasteiger partial charge >= 0.3 is 12.1 Å². The predicted molar refractivity (Wildman–Crippen MR) is 108 cm³/mol. The Labute approximate surface area is 181 Å². The van der Waals surface area contributed by atoms with Crippen LogP contribution < -0.4 is 10.2 Å². The summed E-state index contributed by atoms with van der Waals surface area (Å²) in [6.07, 6.45) is -1.13. The summed E-state index contributed by atoms with van der Waals surface area (Å²) in [5.74, 6) is -1.68. The molecule has 1 saturated heterocycles. The predicted octanol–water partition coefficient (Wildman–Crippen LogP) is 3.44. The Kier molecular flexibility index (Phi) is 4.91. The fourth-order valence-electron chi connectivity index (χ4n) is 3.64. The maximum absolute atomic E-state index is 13.5. The van der Waals surface area contributed by atoms with E-state index in [-0.39, 0.29) is 18.7 Å². The number of anilines is 1. The van der Waals surface area contributed by atoms with E-state index < -0.39 is 29.5 Å². The first-order valence-electron chi connectivity index (χ1n) is 9.00. The fourth-order valence-corrected chi connectivity index (χ4v) is 3.96. The zero-order valence-corrected chi connectivity index (χ0v) is 17.2. The number of halogens is 2. The van der Waals surface area contributed by atoms with Crippen molar-refractivity contribution >= 4 is 52.8 Å². The van der Waals surface area contributed by atoms with Gasteiger partial charge in [-0.2, -0.15) is 4.90 Å². The molecule has 0 bridgehead atoms. The molecule has 154 valence electrons. The molecule has 1 N–H and O–H groups in total. The summed E-state index contributed by atoms with van der Waals surface area (Å²) in [5, 5.41) is 3.10. The molecule has 4 rings (SSSR count). The topological polar surface area (TPSA) is 96.0 Å². The number of carbonyl (C=O) groups excluding carboxylic acids is 4. The molecule has 2 heterocycles. The Morgan fingerprint density at radius 3 is 2.50 bits per heavy atom. The summed E-state index contributed by atoms with van der Waals surface area (Å²) in [5.41, 5.74) is -0.645. The summed E-state index contributed by atoms with van der Waals surface area (Å²) < 4.78 is 4.79. The summed E-state index contributed by atoms with van der Waals surface area (Å²) in [7, 11) is 0. The van der Waals surface area contributed by atoms with Crippen LogP contribution in [0.25, 0.3) is 0 Å². The van der Waals surface area contributed by atoms with Crippen molar-refractivity contribution < 1.29 is 23.9 Å². The van der Waals surface area contributed by atoms with Crippen LogP contribution in [0.1, 0.15) is 18.1 Å². The first-order valence-corrected chi connectivity index (χ1v) is 9.75. The molecule has 10 heteroatoms. The number of ether oxygens (including phenoxy) is 1. The Balaban J connectivity index is 1.77. The maximum atomic E-state index is 13.5. The van der Waals surface area contributed by atoms with Crippen LogP contribution in [0, 0.1) is 0 Å². The van der Waals surface area contributed by atoms with Gasteiger partial charge in [0.2, 0.25) is 5.54 Å². The lowest BCUT2D eigenvalue weighted by molar-refractivity contribution is -0.137. The minimum absolute atomic E-state index is 0.0309. The molecule has 1 spiro atoms. The van der Waals surface area contributed by atoms with Crippen LogP contribution in [0.2, 0.25) is 10.0 Å². The Morgan fingerprint density at radius 1 is 1.07 bits per heavy atom. The molecule has 1 fully saturated rings. The zero-order chi connectivity index (χ0) is 21.6. The van der Waals surface area contributed by atoms with Gasteiger partial charge in [-0.25, -0.2) is 9.59 Å². The second-order valence-electron chi connectivity index (χ2n) is 6.68. The van der Waals surface area contributed by atoms with Crippen molar-refractivity contribution in [1.29, 1.82) is 0 Å². The molecule has 2 aliphatic heterocycles. The Hall–Kier alpha value is -3.10. The van der Waals surface area contributed by atoms with Crippen LogP contribution in [0.3, 0.4) is 0 Å². The van der Waals surface area contributed by atoms with Gasteiger partial charge in [0.15, 0.2) is 0 Å². The molecule has 1 unspecified atom stereocenters. The molecule has 0 aliphatic carbocycles. The minimum atomic E-state index is -2.03. The molecule has 5 amide bonds. The number of para-hydroxylation sites is 1. The van der Waals surface area contributed by atoms with E-state index in [2.05, 4.69) is 5.32 Å². The largest absolute Gasteiger partial charge is 0.449 e. The molecular formula is C20H15Cl2N3O5. The highest BCUT2D eigenvalue weighted by Crippen LogP contribution is 2.44. The van der Waals surface area contributed by atoms with E-state index in [0.717, 1.165) is 0 Å². The van der Waals surface area contributed by atoms with E-state index in [1.807, 2.05) is 0 Å². The lowest BCUT2D eigenvalue weighted by Gasteiger charge is -2.22. The van der Waals surface area contributed by atoms with Crippen molar-refractivity contribution in [1.82, 2.24) is 10.2 Å². The highest BCUT2D eigenvalue weighted by Gasteiger charge is 2.65. The molecule has 2 aromatic carbocycles. The molecule has 0 aromatic heterocycles. The van der Waals surface area contributed by atoms with Gasteiger partial charge in [-0.05, 0) is 30.7 Å². The quantitative estimate of drug-likeness (QED) is 0.574. The van der Waals surface area contributed by atoms with Crippen LogP contribution in [-0.2, 0) is 26.4 Å². The normalized spacial score (nSPS) is 20.0. The third-order valence-electron chi connectivity index (χ3n) is 4.96. The third-order valence-corrected chi connectivity index (χ3v) is 5.70. The highest BCUT2D eigenvalue weighted by atomic mass is 35.5. The van der Waals surface area contributed by atoms with Gasteiger partial charge in [0.05, 0.1) is 28.9 Å². The number of rotatable bonds is 3. The number of hydrogen-bond donors (Lipinski definition) is 1. The average Bonchev–Trinajstić information content (AvgIpc) is 3.11. The number of carbonyl (C=O) groups is 4. The maximum Gasteiger partial charge on any atom is 0.425 e. The molecule has 1 atom stereocenters. The van der Waals surface area contributed by atoms with Gasteiger partial charge in [0, 0.05) is 5.56 Å². The van der Waals surface area contributed by atoms with E-state index in [1.165, 1.54) is 4.90 Å². The van der Waals surface area contributed by atoms with Crippen molar-refractivity contribution in [3.05, 3.63) is 63.6 Å². The number of amides is 5. The van der Waals surface area contributed by atoms with Gasteiger partial charge in [0.1, 0.15) is 0 Å². The van der Waals surface area contributed by atoms with Crippen LogP contribution in [-0.4, -0.2) is 35.4 Å². The van der Waals surface area contributed by atoms with Crippen molar-refractivity contribution in [2.24, 2.45) is 0 Å². The summed E-state index contributed by atoms with van der Waals surface area (Å²) in [6, 6.07) is 10.5.